The maximum atomic E-state index is 13.1. The van der Waals surface area contributed by atoms with E-state index < -0.39 is 10.0 Å². The predicted molar refractivity (Wildman–Crippen MR) is 123 cm³/mol. The second kappa shape index (κ2) is 9.34. The Morgan fingerprint density at radius 1 is 0.968 bits per heavy atom. The minimum absolute atomic E-state index is 0.0254. The normalized spacial score (nSPS) is 16.7. The number of aryl methyl sites for hydroxylation is 1. The van der Waals surface area contributed by atoms with Crippen LogP contribution in [0.3, 0.4) is 0 Å². The maximum Gasteiger partial charge on any atom is 0.252 e. The Labute approximate surface area is 187 Å². The Morgan fingerprint density at radius 3 is 2.23 bits per heavy atom. The van der Waals surface area contributed by atoms with E-state index in [9.17, 15) is 13.2 Å². The monoisotopic (exact) mass is 454 g/mol. The number of sulfonamides is 1. The molecular formula is C24H26N2O3S2. The number of benzene rings is 2. The molecule has 0 aliphatic carbocycles. The van der Waals surface area contributed by atoms with E-state index in [0.29, 0.717) is 30.1 Å². The van der Waals surface area contributed by atoms with Gasteiger partial charge in [-0.15, -0.1) is 11.3 Å². The van der Waals surface area contributed by atoms with Crippen molar-refractivity contribution in [3.8, 4) is 0 Å². The molecule has 1 aromatic heterocycles. The molecule has 0 spiro atoms. The predicted octanol–water partition coefficient (Wildman–Crippen LogP) is 4.36. The van der Waals surface area contributed by atoms with Crippen LogP contribution in [0.4, 0.5) is 0 Å². The summed E-state index contributed by atoms with van der Waals surface area (Å²) in [6.45, 7) is 2.76. The van der Waals surface area contributed by atoms with Crippen molar-refractivity contribution in [1.82, 2.24) is 9.62 Å². The first-order valence-electron chi connectivity index (χ1n) is 10.4. The molecule has 3 aromatic rings. The van der Waals surface area contributed by atoms with Gasteiger partial charge in [0.1, 0.15) is 4.21 Å². The van der Waals surface area contributed by atoms with Crippen molar-refractivity contribution in [3.63, 3.8) is 0 Å². The lowest BCUT2D eigenvalue weighted by atomic mass is 9.94. The highest BCUT2D eigenvalue weighted by Gasteiger charge is 2.33. The lowest BCUT2D eigenvalue weighted by molar-refractivity contribution is -0.126. The number of carbonyl (C=O) groups excluding carboxylic acids is 1. The molecule has 1 atom stereocenters. The third-order valence-electron chi connectivity index (χ3n) is 5.74. The fourth-order valence-corrected chi connectivity index (χ4v) is 6.53. The maximum absolute atomic E-state index is 13.1. The van der Waals surface area contributed by atoms with Crippen molar-refractivity contribution in [2.45, 2.75) is 30.0 Å². The first kappa shape index (κ1) is 21.7. The number of thiophene rings is 1. The first-order chi connectivity index (χ1) is 14.9. The summed E-state index contributed by atoms with van der Waals surface area (Å²) < 4.78 is 27.3. The van der Waals surface area contributed by atoms with Crippen LogP contribution in [0, 0.1) is 12.8 Å². The zero-order valence-electron chi connectivity index (χ0n) is 17.4. The van der Waals surface area contributed by atoms with Crippen molar-refractivity contribution < 1.29 is 13.2 Å². The summed E-state index contributed by atoms with van der Waals surface area (Å²) in [7, 11) is -3.46. The molecule has 2 heterocycles. The molecule has 162 valence electrons. The SMILES string of the molecule is Cc1ccc([C@H](NC(=O)C2CCN(S(=O)(=O)c3cccs3)CC2)c2ccccc2)cc1. The van der Waals surface area contributed by atoms with E-state index in [-0.39, 0.29) is 17.9 Å². The third-order valence-corrected chi connectivity index (χ3v) is 9.02. The van der Waals surface area contributed by atoms with Gasteiger partial charge in [-0.25, -0.2) is 8.42 Å². The van der Waals surface area contributed by atoms with E-state index in [4.69, 9.17) is 0 Å². The van der Waals surface area contributed by atoms with Gasteiger partial charge < -0.3 is 5.32 Å². The zero-order chi connectivity index (χ0) is 21.8. The number of piperidine rings is 1. The summed E-state index contributed by atoms with van der Waals surface area (Å²) in [6, 6.07) is 21.2. The molecule has 1 amide bonds. The molecular weight excluding hydrogens is 428 g/mol. The van der Waals surface area contributed by atoms with Crippen LogP contribution in [0.15, 0.2) is 76.3 Å². The van der Waals surface area contributed by atoms with Gasteiger partial charge in [0, 0.05) is 19.0 Å². The van der Waals surface area contributed by atoms with E-state index in [1.165, 1.54) is 21.2 Å². The van der Waals surface area contributed by atoms with Gasteiger partial charge in [0.15, 0.2) is 0 Å². The number of carbonyl (C=O) groups is 1. The van der Waals surface area contributed by atoms with Crippen LogP contribution in [0.2, 0.25) is 0 Å². The fourth-order valence-electron chi connectivity index (χ4n) is 3.92. The number of nitrogens with one attached hydrogen (secondary N) is 1. The van der Waals surface area contributed by atoms with Crippen LogP contribution in [0.25, 0.3) is 0 Å². The molecule has 31 heavy (non-hydrogen) atoms. The Morgan fingerprint density at radius 2 is 1.61 bits per heavy atom. The first-order valence-corrected chi connectivity index (χ1v) is 12.7. The van der Waals surface area contributed by atoms with Crippen molar-refractivity contribution in [1.29, 1.82) is 0 Å². The van der Waals surface area contributed by atoms with Crippen molar-refractivity contribution in [2.24, 2.45) is 5.92 Å². The molecule has 0 radical (unpaired) electrons. The van der Waals surface area contributed by atoms with Crippen LogP contribution >= 0.6 is 11.3 Å². The van der Waals surface area contributed by atoms with Crippen molar-refractivity contribution in [3.05, 3.63) is 88.8 Å². The number of amides is 1. The average molecular weight is 455 g/mol. The summed E-state index contributed by atoms with van der Waals surface area (Å²) in [5.74, 6) is -0.228. The van der Waals surface area contributed by atoms with Crippen LogP contribution in [-0.4, -0.2) is 31.7 Å². The second-order valence-corrected chi connectivity index (χ2v) is 11.0. The molecule has 4 rings (SSSR count). The van der Waals surface area contributed by atoms with Crippen LogP contribution in [0.1, 0.15) is 35.6 Å². The molecule has 2 aromatic carbocycles. The van der Waals surface area contributed by atoms with Gasteiger partial charge in [0.25, 0.3) is 10.0 Å². The molecule has 5 nitrogen and oxygen atoms in total. The Balaban J connectivity index is 1.46. The van der Waals surface area contributed by atoms with Gasteiger partial charge in [-0.1, -0.05) is 66.2 Å². The minimum atomic E-state index is -3.46. The molecule has 1 fully saturated rings. The van der Waals surface area contributed by atoms with E-state index >= 15 is 0 Å². The second-order valence-electron chi connectivity index (χ2n) is 7.87. The van der Waals surface area contributed by atoms with Crippen molar-refractivity contribution in [2.75, 3.05) is 13.1 Å². The van der Waals surface area contributed by atoms with Gasteiger partial charge >= 0.3 is 0 Å². The third kappa shape index (κ3) is 4.89. The number of hydrogen-bond acceptors (Lipinski definition) is 4. The minimum Gasteiger partial charge on any atom is -0.345 e. The highest BCUT2D eigenvalue weighted by Crippen LogP contribution is 2.28. The largest absolute Gasteiger partial charge is 0.345 e. The Bertz CT molecular complexity index is 1100. The molecule has 0 bridgehead atoms. The molecule has 1 N–H and O–H groups in total. The molecule has 7 heteroatoms. The highest BCUT2D eigenvalue weighted by molar-refractivity contribution is 7.91. The lowest BCUT2D eigenvalue weighted by Crippen LogP contribution is -2.43. The van der Waals surface area contributed by atoms with Crippen molar-refractivity contribution >= 4 is 27.3 Å². The van der Waals surface area contributed by atoms with Gasteiger partial charge in [0.05, 0.1) is 6.04 Å². The van der Waals surface area contributed by atoms with Gasteiger partial charge in [-0.2, -0.15) is 4.31 Å². The summed E-state index contributed by atoms with van der Waals surface area (Å²) in [6.07, 6.45) is 1.04. The number of rotatable bonds is 6. The van der Waals surface area contributed by atoms with Crippen LogP contribution in [-0.2, 0) is 14.8 Å². The summed E-state index contributed by atoms with van der Waals surface area (Å²) >= 11 is 1.23. The topological polar surface area (TPSA) is 66.5 Å². The summed E-state index contributed by atoms with van der Waals surface area (Å²) in [4.78, 5) is 13.1. The van der Waals surface area contributed by atoms with E-state index in [0.717, 1.165) is 11.1 Å². The van der Waals surface area contributed by atoms with Crippen LogP contribution < -0.4 is 5.32 Å². The van der Waals surface area contributed by atoms with E-state index in [1.807, 2.05) is 61.5 Å². The zero-order valence-corrected chi connectivity index (χ0v) is 19.0. The molecule has 1 aliphatic heterocycles. The Hall–Kier alpha value is -2.48. The average Bonchev–Trinajstić information content (AvgIpc) is 3.35. The van der Waals surface area contributed by atoms with Gasteiger partial charge in [-0.3, -0.25) is 4.79 Å². The highest BCUT2D eigenvalue weighted by atomic mass is 32.2. The molecule has 1 aliphatic rings. The van der Waals surface area contributed by atoms with E-state index in [1.54, 1.807) is 17.5 Å². The number of hydrogen-bond donors (Lipinski definition) is 1. The smallest absolute Gasteiger partial charge is 0.252 e. The quantitative estimate of drug-likeness (QED) is 0.602. The van der Waals surface area contributed by atoms with E-state index in [2.05, 4.69) is 5.32 Å². The summed E-state index contributed by atoms with van der Waals surface area (Å²) in [5, 5.41) is 4.98. The molecule has 1 saturated heterocycles. The standard InChI is InChI=1S/C24H26N2O3S2/c1-18-9-11-20(12-10-18)23(19-6-3-2-4-7-19)25-24(27)21-13-15-26(16-14-21)31(28,29)22-8-5-17-30-22/h2-12,17,21,23H,13-16H2,1H3,(H,25,27)/t23-/m1/s1. The molecule has 0 unspecified atom stereocenters. The van der Waals surface area contributed by atoms with Gasteiger partial charge in [-0.05, 0) is 42.3 Å². The summed E-state index contributed by atoms with van der Waals surface area (Å²) in [5.41, 5.74) is 3.22. The molecule has 0 saturated carbocycles. The van der Waals surface area contributed by atoms with Crippen LogP contribution in [0.5, 0.6) is 0 Å². The Kier molecular flexibility index (Phi) is 6.55. The van der Waals surface area contributed by atoms with Gasteiger partial charge in [0.2, 0.25) is 5.91 Å². The number of nitrogens with zero attached hydrogens (tertiary/aromatic N) is 1. The fraction of sp³-hybridized carbons (Fsp3) is 0.292. The lowest BCUT2D eigenvalue weighted by Gasteiger charge is -2.31.